The van der Waals surface area contributed by atoms with E-state index in [0.717, 1.165) is 73.3 Å². The number of imidazole rings is 1. The molecule has 1 aromatic carbocycles. The zero-order valence-corrected chi connectivity index (χ0v) is 15.0. The van der Waals surface area contributed by atoms with E-state index in [1.54, 1.807) is 0 Å². The number of hydrogen-bond acceptors (Lipinski definition) is 3. The molecule has 1 atom stereocenters. The standard InChI is InChI=1S/C20H23N5O/c1-2-24-16-10-4-3-8-15(16)21-19(24)17-11-6-12-25(17)20(26)18-13-7-5-9-14(13)22-23-18/h3-4,8,10,17H,2,5-7,9,11-12H2,1H3,(H,22,23)/t17-/m0/s1. The number of likely N-dealkylation sites (tertiary alicyclic amines) is 1. The van der Waals surface area contributed by atoms with Crippen LogP contribution in [0.15, 0.2) is 24.3 Å². The van der Waals surface area contributed by atoms with Crippen molar-refractivity contribution in [1.29, 1.82) is 0 Å². The molecular formula is C20H23N5O. The van der Waals surface area contributed by atoms with Crippen LogP contribution in [0.25, 0.3) is 11.0 Å². The van der Waals surface area contributed by atoms with E-state index in [-0.39, 0.29) is 11.9 Å². The molecule has 134 valence electrons. The summed E-state index contributed by atoms with van der Waals surface area (Å²) in [4.78, 5) is 20.2. The lowest BCUT2D eigenvalue weighted by Crippen LogP contribution is -2.32. The zero-order chi connectivity index (χ0) is 17.7. The van der Waals surface area contributed by atoms with Gasteiger partial charge >= 0.3 is 0 Å². The Morgan fingerprint density at radius 1 is 1.27 bits per heavy atom. The van der Waals surface area contributed by atoms with Crippen molar-refractivity contribution in [2.45, 2.75) is 51.6 Å². The van der Waals surface area contributed by atoms with E-state index in [0.29, 0.717) is 5.69 Å². The minimum Gasteiger partial charge on any atom is -0.327 e. The van der Waals surface area contributed by atoms with Crippen LogP contribution in [0.5, 0.6) is 0 Å². The Hall–Kier alpha value is -2.63. The maximum atomic E-state index is 13.3. The number of benzene rings is 1. The number of H-pyrrole nitrogens is 1. The van der Waals surface area contributed by atoms with Gasteiger partial charge in [0.25, 0.3) is 5.91 Å². The fraction of sp³-hybridized carbons (Fsp3) is 0.450. The molecule has 2 aromatic heterocycles. The zero-order valence-electron chi connectivity index (χ0n) is 15.0. The molecule has 3 heterocycles. The third-order valence-electron chi connectivity index (χ3n) is 5.82. The highest BCUT2D eigenvalue weighted by Gasteiger charge is 2.36. The Balaban J connectivity index is 1.54. The number of nitrogens with one attached hydrogen (secondary N) is 1. The molecule has 0 unspecified atom stereocenters. The van der Waals surface area contributed by atoms with Crippen LogP contribution in [0.3, 0.4) is 0 Å². The molecule has 26 heavy (non-hydrogen) atoms. The van der Waals surface area contributed by atoms with Gasteiger partial charge in [-0.15, -0.1) is 0 Å². The van der Waals surface area contributed by atoms with Gasteiger partial charge in [-0.05, 0) is 51.2 Å². The number of aryl methyl sites for hydroxylation is 2. The van der Waals surface area contributed by atoms with E-state index >= 15 is 0 Å². The van der Waals surface area contributed by atoms with Crippen molar-refractivity contribution in [2.24, 2.45) is 0 Å². The Bertz CT molecular complexity index is 985. The summed E-state index contributed by atoms with van der Waals surface area (Å²) in [6.07, 6.45) is 5.04. The summed E-state index contributed by atoms with van der Waals surface area (Å²) >= 11 is 0. The summed E-state index contributed by atoms with van der Waals surface area (Å²) in [6, 6.07) is 8.25. The molecule has 6 heteroatoms. The largest absolute Gasteiger partial charge is 0.327 e. The number of aromatic nitrogens is 4. The van der Waals surface area contributed by atoms with Crippen molar-refractivity contribution >= 4 is 16.9 Å². The van der Waals surface area contributed by atoms with E-state index in [1.165, 1.54) is 0 Å². The van der Waals surface area contributed by atoms with Gasteiger partial charge < -0.3 is 9.47 Å². The molecule has 2 aliphatic rings. The number of para-hydroxylation sites is 2. The first-order valence-corrected chi connectivity index (χ1v) is 9.60. The topological polar surface area (TPSA) is 66.8 Å². The van der Waals surface area contributed by atoms with E-state index in [9.17, 15) is 4.79 Å². The number of hydrogen-bond donors (Lipinski definition) is 1. The summed E-state index contributed by atoms with van der Waals surface area (Å²) in [5.41, 5.74) is 5.05. The molecule has 1 amide bonds. The molecular weight excluding hydrogens is 326 g/mol. The van der Waals surface area contributed by atoms with Gasteiger partial charge in [-0.3, -0.25) is 9.89 Å². The molecule has 5 rings (SSSR count). The van der Waals surface area contributed by atoms with Crippen molar-refractivity contribution in [1.82, 2.24) is 24.6 Å². The lowest BCUT2D eigenvalue weighted by molar-refractivity contribution is 0.0720. The van der Waals surface area contributed by atoms with Crippen LogP contribution < -0.4 is 0 Å². The molecule has 1 N–H and O–H groups in total. The molecule has 0 radical (unpaired) electrons. The van der Waals surface area contributed by atoms with Gasteiger partial charge in [0.05, 0.1) is 17.1 Å². The van der Waals surface area contributed by atoms with Crippen molar-refractivity contribution < 1.29 is 4.79 Å². The van der Waals surface area contributed by atoms with Gasteiger partial charge in [-0.1, -0.05) is 12.1 Å². The highest BCUT2D eigenvalue weighted by molar-refractivity contribution is 5.94. The van der Waals surface area contributed by atoms with E-state index in [1.807, 2.05) is 23.1 Å². The Labute approximate surface area is 152 Å². The van der Waals surface area contributed by atoms with Crippen molar-refractivity contribution in [3.8, 4) is 0 Å². The monoisotopic (exact) mass is 349 g/mol. The van der Waals surface area contributed by atoms with Crippen LogP contribution in [-0.4, -0.2) is 37.1 Å². The molecule has 1 aliphatic heterocycles. The van der Waals surface area contributed by atoms with Crippen molar-refractivity contribution in [3.63, 3.8) is 0 Å². The normalized spacial score (nSPS) is 19.4. The number of carbonyl (C=O) groups excluding carboxylic acids is 1. The summed E-state index contributed by atoms with van der Waals surface area (Å²) in [7, 11) is 0. The molecule has 1 saturated heterocycles. The van der Waals surface area contributed by atoms with Crippen LogP contribution in [-0.2, 0) is 19.4 Å². The van der Waals surface area contributed by atoms with Crippen molar-refractivity contribution in [3.05, 3.63) is 47.0 Å². The lowest BCUT2D eigenvalue weighted by atomic mass is 10.1. The van der Waals surface area contributed by atoms with Gasteiger partial charge in [-0.25, -0.2) is 4.98 Å². The second-order valence-electron chi connectivity index (χ2n) is 7.24. The van der Waals surface area contributed by atoms with Crippen LogP contribution in [0.1, 0.15) is 59.8 Å². The molecule has 0 saturated carbocycles. The molecule has 3 aromatic rings. The Morgan fingerprint density at radius 2 is 2.15 bits per heavy atom. The van der Waals surface area contributed by atoms with E-state index in [2.05, 4.69) is 27.8 Å². The SMILES string of the molecule is CCn1c([C@@H]2CCCN2C(=O)c2n[nH]c3c2CCC3)nc2ccccc21. The molecule has 6 nitrogen and oxygen atoms in total. The second-order valence-corrected chi connectivity index (χ2v) is 7.24. The quantitative estimate of drug-likeness (QED) is 0.789. The van der Waals surface area contributed by atoms with Gasteiger partial charge in [-0.2, -0.15) is 5.10 Å². The van der Waals surface area contributed by atoms with Crippen molar-refractivity contribution in [2.75, 3.05) is 6.54 Å². The molecule has 1 fully saturated rings. The first-order chi connectivity index (χ1) is 12.8. The second kappa shape index (κ2) is 5.97. The predicted molar refractivity (Wildman–Crippen MR) is 99.0 cm³/mol. The number of fused-ring (bicyclic) bond motifs is 2. The van der Waals surface area contributed by atoms with Gasteiger partial charge in [0.1, 0.15) is 5.82 Å². The maximum Gasteiger partial charge on any atom is 0.275 e. The summed E-state index contributed by atoms with van der Waals surface area (Å²) in [6.45, 7) is 3.77. The number of rotatable bonds is 3. The predicted octanol–water partition coefficient (Wildman–Crippen LogP) is 3.25. The van der Waals surface area contributed by atoms with E-state index < -0.39 is 0 Å². The molecule has 0 spiro atoms. The minimum absolute atomic E-state index is 0.0311. The first kappa shape index (κ1) is 15.6. The summed E-state index contributed by atoms with van der Waals surface area (Å²) < 4.78 is 2.25. The minimum atomic E-state index is 0.0311. The Kier molecular flexibility index (Phi) is 3.58. The van der Waals surface area contributed by atoms with Crippen LogP contribution in [0.2, 0.25) is 0 Å². The fourth-order valence-corrected chi connectivity index (χ4v) is 4.59. The summed E-state index contributed by atoms with van der Waals surface area (Å²) in [5, 5.41) is 7.42. The molecule has 1 aliphatic carbocycles. The highest BCUT2D eigenvalue weighted by Crippen LogP contribution is 2.35. The van der Waals surface area contributed by atoms with Crippen LogP contribution in [0, 0.1) is 0 Å². The molecule has 0 bridgehead atoms. The number of nitrogens with zero attached hydrogens (tertiary/aromatic N) is 4. The number of carbonyl (C=O) groups is 1. The fourth-order valence-electron chi connectivity index (χ4n) is 4.59. The third-order valence-corrected chi connectivity index (χ3v) is 5.82. The smallest absolute Gasteiger partial charge is 0.275 e. The van der Waals surface area contributed by atoms with Gasteiger partial charge in [0, 0.05) is 24.3 Å². The third kappa shape index (κ3) is 2.21. The Morgan fingerprint density at radius 3 is 3.04 bits per heavy atom. The lowest BCUT2D eigenvalue weighted by Gasteiger charge is -2.24. The van der Waals surface area contributed by atoms with E-state index in [4.69, 9.17) is 4.98 Å². The average Bonchev–Trinajstić information content (AvgIpc) is 3.42. The highest BCUT2D eigenvalue weighted by atomic mass is 16.2. The van der Waals surface area contributed by atoms with Crippen LogP contribution in [0.4, 0.5) is 0 Å². The van der Waals surface area contributed by atoms with Gasteiger partial charge in [0.15, 0.2) is 5.69 Å². The van der Waals surface area contributed by atoms with Gasteiger partial charge in [0.2, 0.25) is 0 Å². The number of amides is 1. The number of aromatic amines is 1. The average molecular weight is 349 g/mol. The maximum absolute atomic E-state index is 13.3. The van der Waals surface area contributed by atoms with Crippen LogP contribution >= 0.6 is 0 Å². The summed E-state index contributed by atoms with van der Waals surface area (Å²) in [5.74, 6) is 1.06. The first-order valence-electron chi connectivity index (χ1n) is 9.60.